The molecule has 118 valence electrons. The monoisotopic (exact) mass is 323 g/mol. The summed E-state index contributed by atoms with van der Waals surface area (Å²) in [5, 5.41) is 0.598. The Labute approximate surface area is 134 Å². The summed E-state index contributed by atoms with van der Waals surface area (Å²) >= 11 is 5.98. The lowest BCUT2D eigenvalue weighted by molar-refractivity contribution is -0.152. The van der Waals surface area contributed by atoms with Gasteiger partial charge >= 0.3 is 5.97 Å². The normalized spacial score (nSPS) is 18.0. The summed E-state index contributed by atoms with van der Waals surface area (Å²) < 4.78 is 4.79. The van der Waals surface area contributed by atoms with Gasteiger partial charge in [-0.05, 0) is 43.5 Å². The molecule has 0 N–H and O–H groups in total. The maximum atomic E-state index is 12.3. The van der Waals surface area contributed by atoms with Gasteiger partial charge in [0.1, 0.15) is 6.54 Å². The maximum Gasteiger partial charge on any atom is 0.326 e. The number of aryl methyl sites for hydroxylation is 1. The van der Waals surface area contributed by atoms with Crippen LogP contribution in [0.15, 0.2) is 18.2 Å². The smallest absolute Gasteiger partial charge is 0.326 e. The number of hydrogen-bond acceptors (Lipinski definition) is 4. The van der Waals surface area contributed by atoms with E-state index in [1.54, 1.807) is 13.0 Å². The molecule has 1 saturated heterocycles. The maximum absolute atomic E-state index is 12.3. The Morgan fingerprint density at radius 1 is 1.41 bits per heavy atom. The number of carbonyl (C=O) groups is 3. The van der Waals surface area contributed by atoms with Gasteiger partial charge in [-0.2, -0.15) is 0 Å². The molecule has 1 atom stereocenters. The number of rotatable bonds is 5. The molecule has 22 heavy (non-hydrogen) atoms. The fourth-order valence-corrected chi connectivity index (χ4v) is 2.73. The van der Waals surface area contributed by atoms with Crippen LogP contribution in [0.2, 0.25) is 5.02 Å². The van der Waals surface area contributed by atoms with Gasteiger partial charge in [0.2, 0.25) is 11.8 Å². The Morgan fingerprint density at radius 2 is 2.14 bits per heavy atom. The molecule has 2 amide bonds. The molecular formula is C16H18ClNO4. The number of esters is 1. The average molecular weight is 324 g/mol. The van der Waals surface area contributed by atoms with Crippen molar-refractivity contribution in [3.8, 4) is 0 Å². The molecule has 1 fully saturated rings. The van der Waals surface area contributed by atoms with Crippen molar-refractivity contribution in [2.75, 3.05) is 13.2 Å². The lowest BCUT2D eigenvalue weighted by Gasteiger charge is -2.14. The van der Waals surface area contributed by atoms with Crippen molar-refractivity contribution in [3.63, 3.8) is 0 Å². The number of likely N-dealkylation sites (tertiary alicyclic amines) is 1. The van der Waals surface area contributed by atoms with Crippen molar-refractivity contribution in [2.24, 2.45) is 5.92 Å². The summed E-state index contributed by atoms with van der Waals surface area (Å²) in [5.74, 6) is -1.66. The van der Waals surface area contributed by atoms with Crippen LogP contribution < -0.4 is 0 Å². The first kappa shape index (κ1) is 16.5. The Hall–Kier alpha value is -1.88. The fourth-order valence-electron chi connectivity index (χ4n) is 2.54. The van der Waals surface area contributed by atoms with Gasteiger partial charge in [0.05, 0.1) is 12.5 Å². The Balaban J connectivity index is 2.08. The average Bonchev–Trinajstić information content (AvgIpc) is 2.71. The first-order valence-corrected chi connectivity index (χ1v) is 7.55. The number of benzene rings is 1. The predicted molar refractivity (Wildman–Crippen MR) is 81.4 cm³/mol. The number of imide groups is 1. The number of amides is 2. The van der Waals surface area contributed by atoms with Crippen LogP contribution in [0.25, 0.3) is 0 Å². The zero-order valence-corrected chi connectivity index (χ0v) is 13.4. The van der Waals surface area contributed by atoms with E-state index < -0.39 is 11.9 Å². The third-order valence-electron chi connectivity index (χ3n) is 3.71. The molecule has 1 heterocycles. The topological polar surface area (TPSA) is 63.7 Å². The van der Waals surface area contributed by atoms with E-state index in [9.17, 15) is 14.4 Å². The number of ether oxygens (including phenoxy) is 1. The third kappa shape index (κ3) is 3.65. The first-order chi connectivity index (χ1) is 10.4. The van der Waals surface area contributed by atoms with Gasteiger partial charge in [0.25, 0.3) is 0 Å². The van der Waals surface area contributed by atoms with Crippen molar-refractivity contribution >= 4 is 29.4 Å². The van der Waals surface area contributed by atoms with Crippen LogP contribution in [0, 0.1) is 12.8 Å². The van der Waals surface area contributed by atoms with Crippen LogP contribution in [0.5, 0.6) is 0 Å². The van der Waals surface area contributed by atoms with Gasteiger partial charge in [-0.25, -0.2) is 0 Å². The van der Waals surface area contributed by atoms with Crippen LogP contribution in [-0.4, -0.2) is 35.8 Å². The van der Waals surface area contributed by atoms with Crippen molar-refractivity contribution in [3.05, 3.63) is 34.3 Å². The molecule has 1 aliphatic rings. The molecule has 0 aromatic heterocycles. The number of nitrogens with zero attached hydrogens (tertiary/aromatic N) is 1. The highest BCUT2D eigenvalue weighted by atomic mass is 35.5. The molecular weight excluding hydrogens is 306 g/mol. The van der Waals surface area contributed by atoms with Crippen molar-refractivity contribution in [1.29, 1.82) is 0 Å². The Morgan fingerprint density at radius 3 is 2.82 bits per heavy atom. The van der Waals surface area contributed by atoms with Gasteiger partial charge < -0.3 is 4.74 Å². The zero-order valence-electron chi connectivity index (χ0n) is 12.6. The van der Waals surface area contributed by atoms with Crippen molar-refractivity contribution in [2.45, 2.75) is 26.7 Å². The highest BCUT2D eigenvalue weighted by molar-refractivity contribution is 6.30. The molecule has 5 nitrogen and oxygen atoms in total. The number of hydrogen-bond donors (Lipinski definition) is 0. The molecule has 0 radical (unpaired) electrons. The van der Waals surface area contributed by atoms with Gasteiger partial charge in [-0.15, -0.1) is 0 Å². The summed E-state index contributed by atoms with van der Waals surface area (Å²) in [6.45, 7) is 3.52. The summed E-state index contributed by atoms with van der Waals surface area (Å²) in [7, 11) is 0. The zero-order chi connectivity index (χ0) is 16.3. The lowest BCUT2D eigenvalue weighted by atomic mass is 9.95. The lowest BCUT2D eigenvalue weighted by Crippen LogP contribution is -2.36. The molecule has 1 aromatic carbocycles. The van der Waals surface area contributed by atoms with Gasteiger partial charge in [-0.3, -0.25) is 19.3 Å². The van der Waals surface area contributed by atoms with E-state index >= 15 is 0 Å². The second-order valence-corrected chi connectivity index (χ2v) is 5.74. The van der Waals surface area contributed by atoms with Gasteiger partial charge in [-0.1, -0.05) is 17.7 Å². The van der Waals surface area contributed by atoms with Gasteiger partial charge in [0, 0.05) is 11.4 Å². The van der Waals surface area contributed by atoms with Crippen molar-refractivity contribution < 1.29 is 19.1 Å². The van der Waals surface area contributed by atoms with E-state index in [4.69, 9.17) is 16.3 Å². The summed E-state index contributed by atoms with van der Waals surface area (Å²) in [5.41, 5.74) is 1.96. The quantitative estimate of drug-likeness (QED) is 0.615. The Kier molecular flexibility index (Phi) is 5.19. The molecule has 1 unspecified atom stereocenters. The van der Waals surface area contributed by atoms with E-state index in [2.05, 4.69) is 0 Å². The molecule has 0 aliphatic carbocycles. The molecule has 2 rings (SSSR count). The standard InChI is InChI=1S/C16H18ClNO4/c1-3-22-15(20)9-18-14(19)8-12(16(18)21)6-11-7-13(17)5-4-10(11)2/h4-5,7,12H,3,6,8-9H2,1-2H3. The number of carbonyl (C=O) groups excluding carboxylic acids is 3. The van der Waals surface area contributed by atoms with Crippen LogP contribution in [-0.2, 0) is 25.5 Å². The molecule has 0 saturated carbocycles. The molecule has 0 bridgehead atoms. The van der Waals surface area contributed by atoms with E-state index in [1.807, 2.05) is 19.1 Å². The minimum Gasteiger partial charge on any atom is -0.465 e. The van der Waals surface area contributed by atoms with Crippen molar-refractivity contribution in [1.82, 2.24) is 4.90 Å². The largest absolute Gasteiger partial charge is 0.465 e. The van der Waals surface area contributed by atoms with Crippen LogP contribution in [0.3, 0.4) is 0 Å². The summed E-state index contributed by atoms with van der Waals surface area (Å²) in [4.78, 5) is 36.7. The van der Waals surface area contributed by atoms with E-state index in [1.165, 1.54) is 0 Å². The molecule has 0 spiro atoms. The number of halogens is 1. The van der Waals surface area contributed by atoms with Crippen LogP contribution in [0.4, 0.5) is 0 Å². The first-order valence-electron chi connectivity index (χ1n) is 7.17. The van der Waals surface area contributed by atoms with Gasteiger partial charge in [0.15, 0.2) is 0 Å². The summed E-state index contributed by atoms with van der Waals surface area (Å²) in [6, 6.07) is 5.48. The summed E-state index contributed by atoms with van der Waals surface area (Å²) in [6.07, 6.45) is 0.556. The molecule has 6 heteroatoms. The third-order valence-corrected chi connectivity index (χ3v) is 3.94. The Bertz CT molecular complexity index is 614. The second kappa shape index (κ2) is 6.92. The fraction of sp³-hybridized carbons (Fsp3) is 0.438. The van der Waals surface area contributed by atoms with Crippen LogP contribution >= 0.6 is 11.6 Å². The molecule has 1 aromatic rings. The van der Waals surface area contributed by atoms with Crippen LogP contribution in [0.1, 0.15) is 24.5 Å². The highest BCUT2D eigenvalue weighted by Crippen LogP contribution is 2.26. The van der Waals surface area contributed by atoms with E-state index in [0.29, 0.717) is 11.4 Å². The minimum atomic E-state index is -0.566. The van der Waals surface area contributed by atoms with E-state index in [-0.39, 0.29) is 31.4 Å². The predicted octanol–water partition coefficient (Wildman–Crippen LogP) is 2.13. The van der Waals surface area contributed by atoms with E-state index in [0.717, 1.165) is 16.0 Å². The SMILES string of the molecule is CCOC(=O)CN1C(=O)CC(Cc2cc(Cl)ccc2C)C1=O. The highest BCUT2D eigenvalue weighted by Gasteiger charge is 2.39. The minimum absolute atomic E-state index is 0.115. The second-order valence-electron chi connectivity index (χ2n) is 5.30. The molecule has 1 aliphatic heterocycles.